The van der Waals surface area contributed by atoms with Crippen LogP contribution in [0.3, 0.4) is 0 Å². The van der Waals surface area contributed by atoms with Crippen LogP contribution in [0.25, 0.3) is 0 Å². The van der Waals surface area contributed by atoms with E-state index in [1.165, 1.54) is 25.3 Å². The maximum Gasteiger partial charge on any atom is 0.231 e. The van der Waals surface area contributed by atoms with Crippen molar-refractivity contribution in [3.63, 3.8) is 0 Å². The molecule has 2 N–H and O–H groups in total. The molecule has 0 aromatic heterocycles. The zero-order valence-corrected chi connectivity index (χ0v) is 12.3. The molecule has 0 bridgehead atoms. The second kappa shape index (κ2) is 7.38. The Labute approximate surface area is 123 Å². The number of nitrogens with one attached hydrogen (secondary N) is 2. The van der Waals surface area contributed by atoms with Gasteiger partial charge in [0.1, 0.15) is 11.6 Å². The van der Waals surface area contributed by atoms with Crippen LogP contribution in [0.4, 0.5) is 10.1 Å². The average Bonchev–Trinajstić information content (AvgIpc) is 2.95. The topological polar surface area (TPSA) is 59.6 Å². The summed E-state index contributed by atoms with van der Waals surface area (Å²) in [5.41, 5.74) is 0.463. The molecule has 0 saturated carbocycles. The van der Waals surface area contributed by atoms with Gasteiger partial charge in [-0.3, -0.25) is 4.79 Å². The van der Waals surface area contributed by atoms with Crippen LogP contribution >= 0.6 is 0 Å². The second-order valence-corrected chi connectivity index (χ2v) is 5.04. The second-order valence-electron chi connectivity index (χ2n) is 5.04. The summed E-state index contributed by atoms with van der Waals surface area (Å²) in [4.78, 5) is 12.4. The highest BCUT2D eigenvalue weighted by atomic mass is 19.1. The van der Waals surface area contributed by atoms with Gasteiger partial charge in [-0.2, -0.15) is 0 Å². The minimum Gasteiger partial charge on any atom is -0.494 e. The molecule has 1 fully saturated rings. The molecule has 1 heterocycles. The fraction of sp³-hybridized carbons (Fsp3) is 0.533. The van der Waals surface area contributed by atoms with Crippen molar-refractivity contribution >= 4 is 11.6 Å². The number of hydrogen-bond acceptors (Lipinski definition) is 4. The number of carbonyl (C=O) groups excluding carboxylic acids is 1. The molecule has 0 spiro atoms. The molecule has 1 aliphatic rings. The number of rotatable bonds is 6. The summed E-state index contributed by atoms with van der Waals surface area (Å²) in [6.45, 7) is 3.83. The Balaban J connectivity index is 2.03. The zero-order chi connectivity index (χ0) is 15.2. The first-order chi connectivity index (χ1) is 10.2. The summed E-state index contributed by atoms with van der Waals surface area (Å²) in [5.74, 6) is -0.505. The van der Waals surface area contributed by atoms with Crippen molar-refractivity contribution in [2.24, 2.45) is 5.92 Å². The molecule has 1 aromatic carbocycles. The quantitative estimate of drug-likeness (QED) is 0.840. The lowest BCUT2D eigenvalue weighted by atomic mass is 10.0. The van der Waals surface area contributed by atoms with Gasteiger partial charge in [-0.05, 0) is 25.1 Å². The summed E-state index contributed by atoms with van der Waals surface area (Å²) >= 11 is 0. The maximum absolute atomic E-state index is 13.2. The predicted octanol–water partition coefficient (Wildman–Crippen LogP) is 1.79. The number of carbonyl (C=O) groups is 1. The van der Waals surface area contributed by atoms with Gasteiger partial charge in [0.2, 0.25) is 5.91 Å². The number of methoxy groups -OCH3 is 1. The van der Waals surface area contributed by atoms with Crippen LogP contribution in [0.5, 0.6) is 5.75 Å². The third-order valence-corrected chi connectivity index (χ3v) is 3.50. The minimum atomic E-state index is -0.406. The van der Waals surface area contributed by atoms with Gasteiger partial charge in [0.15, 0.2) is 0 Å². The first kappa shape index (κ1) is 15.7. The molecule has 1 aliphatic heterocycles. The third kappa shape index (κ3) is 3.92. The number of benzene rings is 1. The van der Waals surface area contributed by atoms with Crippen molar-refractivity contribution in [3.8, 4) is 5.75 Å². The first-order valence-corrected chi connectivity index (χ1v) is 7.11. The Hall–Kier alpha value is -1.66. The molecule has 2 atom stereocenters. The number of ether oxygens (including phenoxy) is 2. The van der Waals surface area contributed by atoms with Crippen LogP contribution in [0.2, 0.25) is 0 Å². The third-order valence-electron chi connectivity index (χ3n) is 3.50. The van der Waals surface area contributed by atoms with Crippen molar-refractivity contribution < 1.29 is 18.7 Å². The molecule has 6 heteroatoms. The summed E-state index contributed by atoms with van der Waals surface area (Å²) < 4.78 is 23.6. The fourth-order valence-corrected chi connectivity index (χ4v) is 2.34. The lowest BCUT2D eigenvalue weighted by Gasteiger charge is -2.19. The molecule has 1 amide bonds. The molecule has 2 rings (SSSR count). The van der Waals surface area contributed by atoms with Gasteiger partial charge >= 0.3 is 0 Å². The van der Waals surface area contributed by atoms with Crippen molar-refractivity contribution in [3.05, 3.63) is 24.0 Å². The molecule has 0 radical (unpaired) electrons. The van der Waals surface area contributed by atoms with E-state index in [9.17, 15) is 9.18 Å². The van der Waals surface area contributed by atoms with Crippen molar-refractivity contribution in [1.29, 1.82) is 0 Å². The predicted molar refractivity (Wildman–Crippen MR) is 78.0 cm³/mol. The Morgan fingerprint density at radius 2 is 2.29 bits per heavy atom. The maximum atomic E-state index is 13.2. The van der Waals surface area contributed by atoms with E-state index in [0.29, 0.717) is 24.7 Å². The van der Waals surface area contributed by atoms with Crippen LogP contribution in [0, 0.1) is 11.7 Å². The molecule has 1 aromatic rings. The highest BCUT2D eigenvalue weighted by Gasteiger charge is 2.33. The van der Waals surface area contributed by atoms with E-state index in [2.05, 4.69) is 17.6 Å². The van der Waals surface area contributed by atoms with Gasteiger partial charge in [-0.1, -0.05) is 6.92 Å². The van der Waals surface area contributed by atoms with Gasteiger partial charge in [0, 0.05) is 12.1 Å². The number of amides is 1. The van der Waals surface area contributed by atoms with E-state index in [1.807, 2.05) is 0 Å². The van der Waals surface area contributed by atoms with Gasteiger partial charge in [-0.15, -0.1) is 0 Å². The van der Waals surface area contributed by atoms with E-state index in [0.717, 1.165) is 13.0 Å². The standard InChI is InChI=1S/C15H21FN2O3/c1-3-6-17-13-9-21-8-11(13)15(19)18-12-5-4-10(16)7-14(12)20-2/h4-5,7,11,13,17H,3,6,8-9H2,1-2H3,(H,18,19). The number of hydrogen-bond donors (Lipinski definition) is 2. The van der Waals surface area contributed by atoms with Gasteiger partial charge in [0.25, 0.3) is 0 Å². The normalized spacial score (nSPS) is 21.3. The molecule has 5 nitrogen and oxygen atoms in total. The Bertz CT molecular complexity index is 496. The van der Waals surface area contributed by atoms with Gasteiger partial charge in [-0.25, -0.2) is 4.39 Å². The van der Waals surface area contributed by atoms with Crippen LogP contribution in [-0.2, 0) is 9.53 Å². The highest BCUT2D eigenvalue weighted by molar-refractivity contribution is 5.94. The summed E-state index contributed by atoms with van der Waals surface area (Å²) in [6.07, 6.45) is 0.997. The number of anilines is 1. The van der Waals surface area contributed by atoms with Gasteiger partial charge < -0.3 is 20.1 Å². The fourth-order valence-electron chi connectivity index (χ4n) is 2.34. The molecular formula is C15H21FN2O3. The van der Waals surface area contributed by atoms with Gasteiger partial charge in [0.05, 0.1) is 31.9 Å². The zero-order valence-electron chi connectivity index (χ0n) is 12.3. The molecule has 2 unspecified atom stereocenters. The molecule has 21 heavy (non-hydrogen) atoms. The number of halogens is 1. The van der Waals surface area contributed by atoms with E-state index < -0.39 is 5.82 Å². The smallest absolute Gasteiger partial charge is 0.231 e. The summed E-state index contributed by atoms with van der Waals surface area (Å²) in [5, 5.41) is 6.10. The Morgan fingerprint density at radius 1 is 1.48 bits per heavy atom. The van der Waals surface area contributed by atoms with Crippen molar-refractivity contribution in [2.75, 3.05) is 32.2 Å². The molecule has 1 saturated heterocycles. The van der Waals surface area contributed by atoms with Crippen molar-refractivity contribution in [1.82, 2.24) is 5.32 Å². The van der Waals surface area contributed by atoms with Crippen LogP contribution in [-0.4, -0.2) is 38.8 Å². The van der Waals surface area contributed by atoms with Crippen molar-refractivity contribution in [2.45, 2.75) is 19.4 Å². The molecule has 0 aliphatic carbocycles. The van der Waals surface area contributed by atoms with E-state index in [-0.39, 0.29) is 17.9 Å². The summed E-state index contributed by atoms with van der Waals surface area (Å²) in [7, 11) is 1.44. The SMILES string of the molecule is CCCNC1COCC1C(=O)Nc1ccc(F)cc1OC. The van der Waals surface area contributed by atoms with E-state index in [1.54, 1.807) is 0 Å². The first-order valence-electron chi connectivity index (χ1n) is 7.11. The molecular weight excluding hydrogens is 275 g/mol. The summed E-state index contributed by atoms with van der Waals surface area (Å²) in [6, 6.07) is 4.04. The Morgan fingerprint density at radius 3 is 3.00 bits per heavy atom. The lowest BCUT2D eigenvalue weighted by Crippen LogP contribution is -2.41. The van der Waals surface area contributed by atoms with Crippen LogP contribution in [0.1, 0.15) is 13.3 Å². The Kier molecular flexibility index (Phi) is 5.52. The largest absolute Gasteiger partial charge is 0.494 e. The monoisotopic (exact) mass is 296 g/mol. The van der Waals surface area contributed by atoms with Crippen LogP contribution in [0.15, 0.2) is 18.2 Å². The average molecular weight is 296 g/mol. The lowest BCUT2D eigenvalue weighted by molar-refractivity contribution is -0.120. The van der Waals surface area contributed by atoms with E-state index >= 15 is 0 Å². The minimum absolute atomic E-state index is 0.0105. The van der Waals surface area contributed by atoms with Crippen LogP contribution < -0.4 is 15.4 Å². The molecule has 116 valence electrons. The van der Waals surface area contributed by atoms with E-state index in [4.69, 9.17) is 9.47 Å². The highest BCUT2D eigenvalue weighted by Crippen LogP contribution is 2.26.